The first kappa shape index (κ1) is 31.4. The van der Waals surface area contributed by atoms with Gasteiger partial charge in [-0.25, -0.2) is 23.7 Å². The van der Waals surface area contributed by atoms with Crippen LogP contribution in [0.3, 0.4) is 0 Å². The Morgan fingerprint density at radius 1 is 0.958 bits per heavy atom. The van der Waals surface area contributed by atoms with Gasteiger partial charge in [-0.3, -0.25) is 0 Å². The van der Waals surface area contributed by atoms with Crippen molar-refractivity contribution in [3.8, 4) is 11.4 Å². The summed E-state index contributed by atoms with van der Waals surface area (Å²) in [7, 11) is 0. The summed E-state index contributed by atoms with van der Waals surface area (Å²) in [5, 5.41) is 21.1. The molecule has 0 bridgehead atoms. The van der Waals surface area contributed by atoms with Crippen LogP contribution in [0.5, 0.6) is 5.75 Å². The molecular formula is C34H39N9O5. The molecule has 0 aliphatic carbocycles. The number of aromatic nitrogens is 7. The van der Waals surface area contributed by atoms with Crippen LogP contribution in [0.15, 0.2) is 96.7 Å². The van der Waals surface area contributed by atoms with Gasteiger partial charge in [0.1, 0.15) is 44.0 Å². The zero-order chi connectivity index (χ0) is 33.1. The molecule has 5 aromatic rings. The Balaban J connectivity index is 0.921. The van der Waals surface area contributed by atoms with E-state index in [2.05, 4.69) is 49.2 Å². The Labute approximate surface area is 277 Å². The van der Waals surface area contributed by atoms with Gasteiger partial charge in [-0.2, -0.15) is 14.9 Å². The third kappa shape index (κ3) is 6.36. The highest BCUT2D eigenvalue weighted by Gasteiger charge is 2.49. The molecule has 250 valence electrons. The molecule has 14 nitrogen and oxygen atoms in total. The fourth-order valence-electron chi connectivity index (χ4n) is 6.15. The highest BCUT2D eigenvalue weighted by molar-refractivity contribution is 5.54. The third-order valence-electron chi connectivity index (χ3n) is 9.02. The topological polar surface area (TPSA) is 132 Å². The summed E-state index contributed by atoms with van der Waals surface area (Å²) in [6.45, 7) is 8.25. The van der Waals surface area contributed by atoms with Crippen LogP contribution in [0, 0.1) is 5.21 Å². The molecule has 48 heavy (non-hydrogen) atoms. The number of anilines is 2. The fourth-order valence-corrected chi connectivity index (χ4v) is 6.15. The molecule has 3 atom stereocenters. The summed E-state index contributed by atoms with van der Waals surface area (Å²) in [6, 6.07) is 21.4. The van der Waals surface area contributed by atoms with E-state index in [1.54, 1.807) is 40.1 Å². The van der Waals surface area contributed by atoms with Gasteiger partial charge < -0.3 is 29.2 Å². The third-order valence-corrected chi connectivity index (χ3v) is 9.02. The average Bonchev–Trinajstić information content (AvgIpc) is 3.89. The summed E-state index contributed by atoms with van der Waals surface area (Å²) in [5.74, 6) is -0.586. The predicted octanol–water partition coefficient (Wildman–Crippen LogP) is 2.90. The van der Waals surface area contributed by atoms with Gasteiger partial charge in [0.15, 0.2) is 6.20 Å². The molecule has 2 aliphatic heterocycles. The van der Waals surface area contributed by atoms with Crippen LogP contribution in [0.1, 0.15) is 32.0 Å². The van der Waals surface area contributed by atoms with E-state index >= 15 is 0 Å². The summed E-state index contributed by atoms with van der Waals surface area (Å²) < 4.78 is 24.0. The molecular weight excluding hydrogens is 614 g/mol. The van der Waals surface area contributed by atoms with Crippen molar-refractivity contribution < 1.29 is 18.9 Å². The molecule has 0 saturated carbocycles. The van der Waals surface area contributed by atoms with E-state index in [4.69, 9.17) is 14.2 Å². The Kier molecular flexibility index (Phi) is 8.82. The maximum Gasteiger partial charge on any atom is 0.350 e. The van der Waals surface area contributed by atoms with Crippen molar-refractivity contribution in [1.29, 1.82) is 0 Å². The molecule has 0 spiro atoms. The summed E-state index contributed by atoms with van der Waals surface area (Å²) in [5.41, 5.74) is 3.29. The highest BCUT2D eigenvalue weighted by atomic mass is 16.8. The minimum atomic E-state index is -1.31. The lowest BCUT2D eigenvalue weighted by Gasteiger charge is -2.37. The minimum absolute atomic E-state index is 0.0624. The van der Waals surface area contributed by atoms with Gasteiger partial charge in [0.25, 0.3) is 11.5 Å². The average molecular weight is 654 g/mol. The number of ether oxygens (including phenoxy) is 3. The lowest BCUT2D eigenvalue weighted by atomic mass is 10.1. The van der Waals surface area contributed by atoms with Crippen molar-refractivity contribution in [2.75, 3.05) is 49.2 Å². The number of benzene rings is 2. The lowest BCUT2D eigenvalue weighted by Crippen LogP contribution is -2.46. The van der Waals surface area contributed by atoms with E-state index in [1.807, 2.05) is 38.1 Å². The molecule has 2 saturated heterocycles. The van der Waals surface area contributed by atoms with E-state index < -0.39 is 5.79 Å². The number of pyridine rings is 1. The van der Waals surface area contributed by atoms with Crippen LogP contribution in [-0.4, -0.2) is 74.6 Å². The number of hydrogen-bond donors (Lipinski definition) is 0. The Bertz CT molecular complexity index is 1850. The maximum absolute atomic E-state index is 12.8. The van der Waals surface area contributed by atoms with Crippen molar-refractivity contribution >= 4 is 11.4 Å². The first-order chi connectivity index (χ1) is 23.4. The van der Waals surface area contributed by atoms with E-state index in [9.17, 15) is 10.0 Å². The summed E-state index contributed by atoms with van der Waals surface area (Å²) in [4.78, 5) is 21.5. The molecule has 2 aliphatic rings. The van der Waals surface area contributed by atoms with Crippen molar-refractivity contribution in [2.45, 2.75) is 44.7 Å². The second kappa shape index (κ2) is 13.5. The number of piperazine rings is 1. The second-order valence-corrected chi connectivity index (χ2v) is 12.1. The van der Waals surface area contributed by atoms with Gasteiger partial charge >= 0.3 is 5.69 Å². The molecule has 5 heterocycles. The second-order valence-electron chi connectivity index (χ2n) is 12.1. The molecule has 14 heteroatoms. The van der Waals surface area contributed by atoms with Crippen molar-refractivity contribution in [3.05, 3.63) is 113 Å². The monoisotopic (exact) mass is 653 g/mol. The lowest BCUT2D eigenvalue weighted by molar-refractivity contribution is -0.629. The Morgan fingerprint density at radius 2 is 1.65 bits per heavy atom. The number of hydrogen-bond acceptors (Lipinski definition) is 10. The van der Waals surface area contributed by atoms with E-state index in [0.717, 1.165) is 60.1 Å². The highest BCUT2D eigenvalue weighted by Crippen LogP contribution is 2.34. The van der Waals surface area contributed by atoms with Gasteiger partial charge in [-0.15, -0.1) is 0 Å². The SMILES string of the molecule is CC[C@@H](C)n1ncn(-c2ccc(N3CCN(c4ccc(OC[C@@H]5CO[C@@](Cn6cncn6)(c6cccc[n+]6[O-])O5)cc4)CC3)cc2)c1=O. The van der Waals surface area contributed by atoms with Crippen LogP contribution in [0.2, 0.25) is 0 Å². The quantitative estimate of drug-likeness (QED) is 0.155. The zero-order valence-corrected chi connectivity index (χ0v) is 27.0. The standard InChI is InChI=1S/C34H39N9O5/c1-3-26(2)43-33(44)41(25-37-43)29-9-7-27(8-10-29)38-16-18-39(19-17-38)28-11-13-30(14-12-28)46-20-31-21-47-34(48-31,22-40-24-35-23-36-40)32-6-4-5-15-42(32)45/h4-15,23-26,31H,3,16-22H2,1-2H3/t26-,31-,34-/m1/s1. The molecule has 7 rings (SSSR count). The van der Waals surface area contributed by atoms with Gasteiger partial charge in [-0.05, 0) is 67.9 Å². The number of rotatable bonds is 11. The Hall–Kier alpha value is -5.21. The molecule has 3 aromatic heterocycles. The van der Waals surface area contributed by atoms with Crippen molar-refractivity contribution in [2.24, 2.45) is 0 Å². The smallest absolute Gasteiger partial charge is 0.350 e. The largest absolute Gasteiger partial charge is 0.618 e. The minimum Gasteiger partial charge on any atom is -0.618 e. The summed E-state index contributed by atoms with van der Waals surface area (Å²) >= 11 is 0. The van der Waals surface area contributed by atoms with Crippen LogP contribution in [-0.2, 0) is 21.8 Å². The molecule has 2 fully saturated rings. The van der Waals surface area contributed by atoms with E-state index in [-0.39, 0.29) is 37.6 Å². The fraction of sp³-hybridized carbons (Fsp3) is 0.382. The van der Waals surface area contributed by atoms with Crippen LogP contribution in [0.25, 0.3) is 5.69 Å². The molecule has 0 N–H and O–H groups in total. The van der Waals surface area contributed by atoms with E-state index in [1.165, 1.54) is 17.2 Å². The first-order valence-electron chi connectivity index (χ1n) is 16.2. The van der Waals surface area contributed by atoms with Gasteiger partial charge in [0.2, 0.25) is 0 Å². The normalized spacial score (nSPS) is 20.2. The van der Waals surface area contributed by atoms with Gasteiger partial charge in [0, 0.05) is 49.7 Å². The van der Waals surface area contributed by atoms with Gasteiger partial charge in [-0.1, -0.05) is 6.92 Å². The van der Waals surface area contributed by atoms with Crippen LogP contribution < -0.4 is 25.0 Å². The van der Waals surface area contributed by atoms with Crippen LogP contribution >= 0.6 is 0 Å². The predicted molar refractivity (Wildman–Crippen MR) is 177 cm³/mol. The first-order valence-corrected chi connectivity index (χ1v) is 16.2. The molecule has 0 unspecified atom stereocenters. The van der Waals surface area contributed by atoms with Crippen molar-refractivity contribution in [3.63, 3.8) is 0 Å². The van der Waals surface area contributed by atoms with E-state index in [0.29, 0.717) is 5.69 Å². The zero-order valence-electron chi connectivity index (χ0n) is 27.0. The summed E-state index contributed by atoms with van der Waals surface area (Å²) in [6.07, 6.45) is 6.46. The van der Waals surface area contributed by atoms with Crippen LogP contribution in [0.4, 0.5) is 11.4 Å². The maximum atomic E-state index is 12.8. The molecule has 0 amide bonds. The molecule has 2 aromatic carbocycles. The Morgan fingerprint density at radius 3 is 2.29 bits per heavy atom. The van der Waals surface area contributed by atoms with Gasteiger partial charge in [0.05, 0.1) is 18.3 Å². The van der Waals surface area contributed by atoms with Crippen molar-refractivity contribution in [1.82, 2.24) is 29.1 Å². The number of nitrogens with zero attached hydrogens (tertiary/aromatic N) is 9. The molecule has 0 radical (unpaired) electrons.